The van der Waals surface area contributed by atoms with Crippen LogP contribution in [0.1, 0.15) is 11.3 Å². The van der Waals surface area contributed by atoms with Gasteiger partial charge in [-0.25, -0.2) is 4.79 Å². The minimum atomic E-state index is -4.83. The van der Waals surface area contributed by atoms with Gasteiger partial charge in [-0.15, -0.1) is 13.2 Å². The Balaban J connectivity index is 2.08. The summed E-state index contributed by atoms with van der Waals surface area (Å²) in [6.45, 7) is 0.161. The number of aromatic nitrogens is 2. The van der Waals surface area contributed by atoms with Crippen molar-refractivity contribution in [1.82, 2.24) is 9.78 Å². The van der Waals surface area contributed by atoms with E-state index in [1.165, 1.54) is 42.1 Å². The highest BCUT2D eigenvalue weighted by Gasteiger charge is 2.31. The molecule has 0 radical (unpaired) electrons. The maximum absolute atomic E-state index is 12.6. The third-order valence-electron chi connectivity index (χ3n) is 3.90. The normalized spacial score (nSPS) is 11.9. The number of rotatable bonds is 5. The number of fused-ring (bicyclic) bond motifs is 1. The van der Waals surface area contributed by atoms with Crippen LogP contribution in [0.5, 0.6) is 5.75 Å². The third kappa shape index (κ3) is 5.21. The number of halogens is 5. The monoisotopic (exact) mass is 444 g/mol. The van der Waals surface area contributed by atoms with Gasteiger partial charge in [-0.2, -0.15) is 5.10 Å². The van der Waals surface area contributed by atoms with E-state index >= 15 is 0 Å². The highest BCUT2D eigenvalue weighted by molar-refractivity contribution is 6.35. The summed E-state index contributed by atoms with van der Waals surface area (Å²) < 4.78 is 47.8. The summed E-state index contributed by atoms with van der Waals surface area (Å²) in [6.07, 6.45) is -2.24. The van der Waals surface area contributed by atoms with Crippen molar-refractivity contribution in [2.75, 3.05) is 7.11 Å². The molecule has 0 saturated carbocycles. The summed E-state index contributed by atoms with van der Waals surface area (Å²) in [7, 11) is 1.23. The molecule has 10 heteroatoms. The number of nitrogens with zero attached hydrogens (tertiary/aromatic N) is 2. The lowest BCUT2D eigenvalue weighted by molar-refractivity contribution is -0.274. The van der Waals surface area contributed by atoms with Gasteiger partial charge in [0.1, 0.15) is 5.75 Å². The molecule has 29 heavy (non-hydrogen) atoms. The van der Waals surface area contributed by atoms with Crippen molar-refractivity contribution in [2.24, 2.45) is 0 Å². The quantitative estimate of drug-likeness (QED) is 0.386. The first-order chi connectivity index (χ1) is 13.7. The van der Waals surface area contributed by atoms with Crippen molar-refractivity contribution in [3.05, 3.63) is 63.8 Å². The van der Waals surface area contributed by atoms with Crippen LogP contribution in [0.25, 0.3) is 17.0 Å². The fraction of sp³-hybridized carbons (Fsp3) is 0.158. The van der Waals surface area contributed by atoms with Crippen LogP contribution in [0.3, 0.4) is 0 Å². The van der Waals surface area contributed by atoms with Crippen molar-refractivity contribution in [1.29, 1.82) is 0 Å². The molecule has 0 saturated heterocycles. The van der Waals surface area contributed by atoms with Gasteiger partial charge in [0.2, 0.25) is 0 Å². The van der Waals surface area contributed by atoms with Crippen LogP contribution in [0, 0.1) is 0 Å². The molecule has 0 amide bonds. The van der Waals surface area contributed by atoms with Gasteiger partial charge in [0.15, 0.2) is 0 Å². The lowest BCUT2D eigenvalue weighted by Gasteiger charge is -2.10. The van der Waals surface area contributed by atoms with Crippen molar-refractivity contribution < 1.29 is 27.4 Å². The first-order valence-corrected chi connectivity index (χ1v) is 8.88. The summed E-state index contributed by atoms with van der Waals surface area (Å²) in [6, 6.07) is 8.71. The number of alkyl halides is 3. The molecular weight excluding hydrogens is 432 g/mol. The Morgan fingerprint density at radius 2 is 1.97 bits per heavy atom. The van der Waals surface area contributed by atoms with Gasteiger partial charge in [-0.05, 0) is 35.9 Å². The van der Waals surface area contributed by atoms with Crippen LogP contribution in [-0.4, -0.2) is 29.2 Å². The summed E-state index contributed by atoms with van der Waals surface area (Å²) in [4.78, 5) is 11.4. The van der Waals surface area contributed by atoms with Gasteiger partial charge in [-0.1, -0.05) is 29.3 Å². The number of hydrogen-bond acceptors (Lipinski definition) is 4. The van der Waals surface area contributed by atoms with E-state index in [4.69, 9.17) is 23.2 Å². The van der Waals surface area contributed by atoms with E-state index in [1.54, 1.807) is 18.2 Å². The summed E-state index contributed by atoms with van der Waals surface area (Å²) in [5.74, 6) is -0.984. The van der Waals surface area contributed by atoms with Crippen LogP contribution in [0.2, 0.25) is 10.0 Å². The molecule has 0 fully saturated rings. The Morgan fingerprint density at radius 1 is 1.21 bits per heavy atom. The third-order valence-corrected chi connectivity index (χ3v) is 4.49. The first kappa shape index (κ1) is 21.0. The van der Waals surface area contributed by atoms with Crippen LogP contribution in [-0.2, 0) is 16.1 Å². The van der Waals surface area contributed by atoms with Gasteiger partial charge in [0, 0.05) is 27.6 Å². The molecule has 0 spiro atoms. The molecule has 0 aliphatic rings. The van der Waals surface area contributed by atoms with Crippen molar-refractivity contribution >= 4 is 46.2 Å². The highest BCUT2D eigenvalue weighted by atomic mass is 35.5. The highest BCUT2D eigenvalue weighted by Crippen LogP contribution is 2.30. The maximum Gasteiger partial charge on any atom is 0.573 e. The van der Waals surface area contributed by atoms with E-state index in [2.05, 4.69) is 14.6 Å². The van der Waals surface area contributed by atoms with Crippen molar-refractivity contribution in [3.8, 4) is 5.75 Å². The zero-order valence-corrected chi connectivity index (χ0v) is 16.3. The summed E-state index contributed by atoms with van der Waals surface area (Å²) in [5, 5.41) is 5.74. The van der Waals surface area contributed by atoms with Gasteiger partial charge >= 0.3 is 12.3 Å². The predicted octanol–water partition coefficient (Wildman–Crippen LogP) is 5.48. The standard InChI is InChI=1S/C19H13Cl2F3N2O3/c1-28-18(27)7-6-16-14-5-4-13(29-19(22,23)24)9-17(14)26(25-16)10-11-2-3-12(20)8-15(11)21/h2-9H,10H2,1H3. The van der Waals surface area contributed by atoms with Crippen molar-refractivity contribution in [2.45, 2.75) is 12.9 Å². The molecule has 2 aromatic carbocycles. The Morgan fingerprint density at radius 3 is 2.62 bits per heavy atom. The molecule has 0 N–H and O–H groups in total. The Bertz CT molecular complexity index is 1090. The maximum atomic E-state index is 12.6. The number of methoxy groups -OCH3 is 1. The van der Waals surface area contributed by atoms with Crippen molar-refractivity contribution in [3.63, 3.8) is 0 Å². The van der Waals surface area contributed by atoms with E-state index in [-0.39, 0.29) is 6.54 Å². The van der Waals surface area contributed by atoms with Gasteiger partial charge in [0.05, 0.1) is 24.9 Å². The van der Waals surface area contributed by atoms with Crippen LogP contribution in [0.15, 0.2) is 42.5 Å². The fourth-order valence-electron chi connectivity index (χ4n) is 2.65. The predicted molar refractivity (Wildman–Crippen MR) is 103 cm³/mol. The van der Waals surface area contributed by atoms with E-state index in [0.717, 1.165) is 0 Å². The molecule has 3 rings (SSSR count). The average Bonchev–Trinajstić information content (AvgIpc) is 2.97. The first-order valence-electron chi connectivity index (χ1n) is 8.12. The van der Waals surface area contributed by atoms with E-state index in [1.807, 2.05) is 0 Å². The second-order valence-electron chi connectivity index (χ2n) is 5.86. The molecule has 0 aliphatic heterocycles. The van der Waals surface area contributed by atoms with E-state index in [0.29, 0.717) is 32.2 Å². The SMILES string of the molecule is COC(=O)C=Cc1nn(Cc2ccc(Cl)cc2Cl)c2cc(OC(F)(F)F)ccc12. The smallest absolute Gasteiger partial charge is 0.466 e. The minimum Gasteiger partial charge on any atom is -0.466 e. The Hall–Kier alpha value is -2.71. The van der Waals surface area contributed by atoms with Gasteiger partial charge in [-0.3, -0.25) is 4.68 Å². The summed E-state index contributed by atoms with van der Waals surface area (Å²) >= 11 is 12.1. The topological polar surface area (TPSA) is 53.3 Å². The molecule has 5 nitrogen and oxygen atoms in total. The Labute approximate surface area is 173 Å². The Kier molecular flexibility index (Phi) is 6.04. The second-order valence-corrected chi connectivity index (χ2v) is 6.71. The lowest BCUT2D eigenvalue weighted by Crippen LogP contribution is -2.17. The molecule has 1 heterocycles. The molecule has 152 valence electrons. The molecule has 0 aliphatic carbocycles. The molecule has 0 atom stereocenters. The van der Waals surface area contributed by atoms with Crippen LogP contribution >= 0.6 is 23.2 Å². The van der Waals surface area contributed by atoms with Gasteiger partial charge in [0.25, 0.3) is 0 Å². The van der Waals surface area contributed by atoms with Gasteiger partial charge < -0.3 is 9.47 Å². The zero-order valence-electron chi connectivity index (χ0n) is 14.8. The number of hydrogen-bond donors (Lipinski definition) is 0. The minimum absolute atomic E-state index is 0.161. The van der Waals surface area contributed by atoms with Crippen LogP contribution in [0.4, 0.5) is 13.2 Å². The van der Waals surface area contributed by atoms with E-state index < -0.39 is 18.1 Å². The molecular formula is C19H13Cl2F3N2O3. The lowest BCUT2D eigenvalue weighted by atomic mass is 10.2. The number of carbonyl (C=O) groups excluding carboxylic acids is 1. The second kappa shape index (κ2) is 8.34. The average molecular weight is 445 g/mol. The largest absolute Gasteiger partial charge is 0.573 e. The summed E-state index contributed by atoms with van der Waals surface area (Å²) in [5.41, 5.74) is 1.39. The zero-order chi connectivity index (χ0) is 21.2. The number of esters is 1. The molecule has 1 aromatic heterocycles. The molecule has 0 unspecified atom stereocenters. The van der Waals surface area contributed by atoms with E-state index in [9.17, 15) is 18.0 Å². The van der Waals surface area contributed by atoms with Crippen LogP contribution < -0.4 is 4.74 Å². The fourth-order valence-corrected chi connectivity index (χ4v) is 3.11. The number of benzene rings is 2. The molecule has 0 bridgehead atoms. The molecule has 3 aromatic rings. The number of ether oxygens (including phenoxy) is 2. The number of carbonyl (C=O) groups is 1.